The summed E-state index contributed by atoms with van der Waals surface area (Å²) in [5.74, 6) is 0. The van der Waals surface area contributed by atoms with Gasteiger partial charge in [-0.1, -0.05) is 36.5 Å². The highest BCUT2D eigenvalue weighted by Crippen LogP contribution is 2.07. The summed E-state index contributed by atoms with van der Waals surface area (Å²) < 4.78 is 10.3. The normalized spacial score (nSPS) is 10.1. The first-order valence-corrected chi connectivity index (χ1v) is 4.95. The molecular weight excluding hydrogens is 196 g/mol. The fourth-order valence-corrected chi connectivity index (χ4v) is 1.33. The van der Waals surface area contributed by atoms with Gasteiger partial charge in [0.05, 0.1) is 19.8 Å². The lowest BCUT2D eigenvalue weighted by Gasteiger charge is -2.06. The van der Waals surface area contributed by atoms with Gasteiger partial charge in [0.15, 0.2) is 0 Å². The molecule has 0 saturated carbocycles. The molecule has 0 bridgehead atoms. The second-order valence-electron chi connectivity index (χ2n) is 2.86. The van der Waals surface area contributed by atoms with Crippen molar-refractivity contribution in [2.75, 3.05) is 20.3 Å². The quantitative estimate of drug-likeness (QED) is 0.530. The third-order valence-corrected chi connectivity index (χ3v) is 2.13. The van der Waals surface area contributed by atoms with E-state index in [0.29, 0.717) is 19.8 Å². The van der Waals surface area contributed by atoms with Crippen LogP contribution in [0.1, 0.15) is 11.1 Å². The highest BCUT2D eigenvalue weighted by molar-refractivity contribution is 7.79. The van der Waals surface area contributed by atoms with Crippen LogP contribution in [0.3, 0.4) is 0 Å². The molecule has 1 aromatic carbocycles. The Kier molecular flexibility index (Phi) is 5.37. The molecule has 0 aliphatic heterocycles. The molecule has 1 aromatic rings. The first-order valence-electron chi connectivity index (χ1n) is 4.48. The molecule has 0 aromatic heterocycles. The van der Waals surface area contributed by atoms with Gasteiger partial charge >= 0.3 is 0 Å². The fourth-order valence-electron chi connectivity index (χ4n) is 1.10. The molecule has 76 valence electrons. The summed E-state index contributed by atoms with van der Waals surface area (Å²) in [5, 5.41) is 1.68. The zero-order valence-corrected chi connectivity index (χ0v) is 9.05. The van der Waals surface area contributed by atoms with Gasteiger partial charge in [-0.25, -0.2) is 0 Å². The van der Waals surface area contributed by atoms with Crippen molar-refractivity contribution in [2.45, 2.75) is 6.61 Å². The van der Waals surface area contributed by atoms with Gasteiger partial charge in [0.2, 0.25) is 0 Å². The Hall–Kier alpha value is -0.770. The Morgan fingerprint density at radius 3 is 2.79 bits per heavy atom. The van der Waals surface area contributed by atoms with Crippen LogP contribution in [0.25, 0.3) is 0 Å². The largest absolute Gasteiger partial charge is 0.382 e. The predicted molar refractivity (Wildman–Crippen MR) is 60.7 cm³/mol. The summed E-state index contributed by atoms with van der Waals surface area (Å²) in [7, 11) is 1.66. The van der Waals surface area contributed by atoms with E-state index in [2.05, 4.69) is 0 Å². The summed E-state index contributed by atoms with van der Waals surface area (Å²) in [6.07, 6.45) is 0. The van der Waals surface area contributed by atoms with Crippen LogP contribution in [0.5, 0.6) is 0 Å². The maximum atomic E-state index is 5.41. The Morgan fingerprint density at radius 2 is 2.07 bits per heavy atom. The molecule has 0 aliphatic rings. The summed E-state index contributed by atoms with van der Waals surface area (Å²) in [6, 6.07) is 7.96. The van der Waals surface area contributed by atoms with Gasteiger partial charge in [0, 0.05) is 12.5 Å². The minimum Gasteiger partial charge on any atom is -0.382 e. The molecular formula is C11H14O2S. The number of hydrogen-bond acceptors (Lipinski definition) is 3. The van der Waals surface area contributed by atoms with Crippen LogP contribution in [-0.4, -0.2) is 25.7 Å². The van der Waals surface area contributed by atoms with Crippen LogP contribution < -0.4 is 0 Å². The molecule has 0 unspecified atom stereocenters. The van der Waals surface area contributed by atoms with Gasteiger partial charge in [-0.2, -0.15) is 0 Å². The molecule has 0 N–H and O–H groups in total. The summed E-state index contributed by atoms with van der Waals surface area (Å²) in [4.78, 5) is 0. The van der Waals surface area contributed by atoms with Crippen LogP contribution >= 0.6 is 12.2 Å². The number of thiocarbonyl (C=S) groups is 1. The van der Waals surface area contributed by atoms with Crippen molar-refractivity contribution >= 4 is 17.6 Å². The van der Waals surface area contributed by atoms with E-state index in [1.807, 2.05) is 24.3 Å². The smallest absolute Gasteiger partial charge is 0.0724 e. The minimum absolute atomic E-state index is 0.590. The van der Waals surface area contributed by atoms with E-state index in [-0.39, 0.29) is 0 Å². The molecule has 1 rings (SSSR count). The molecule has 0 aliphatic carbocycles. The van der Waals surface area contributed by atoms with Crippen molar-refractivity contribution in [3.8, 4) is 0 Å². The number of ether oxygens (including phenoxy) is 2. The summed E-state index contributed by atoms with van der Waals surface area (Å²) >= 11 is 4.90. The van der Waals surface area contributed by atoms with E-state index >= 15 is 0 Å². The zero-order valence-electron chi connectivity index (χ0n) is 8.23. The molecule has 0 saturated heterocycles. The van der Waals surface area contributed by atoms with E-state index in [0.717, 1.165) is 11.1 Å². The van der Waals surface area contributed by atoms with Crippen molar-refractivity contribution in [3.63, 3.8) is 0 Å². The SMILES string of the molecule is COCCOCc1ccccc1C=S. The monoisotopic (exact) mass is 210 g/mol. The second kappa shape index (κ2) is 6.65. The third kappa shape index (κ3) is 3.54. The maximum Gasteiger partial charge on any atom is 0.0724 e. The van der Waals surface area contributed by atoms with Gasteiger partial charge in [-0.05, 0) is 11.1 Å². The lowest BCUT2D eigenvalue weighted by atomic mass is 10.1. The highest BCUT2D eigenvalue weighted by Gasteiger charge is 1.98. The highest BCUT2D eigenvalue weighted by atomic mass is 32.1. The molecule has 0 atom stereocenters. The standard InChI is InChI=1S/C11H14O2S/c1-12-6-7-13-8-10-4-2-3-5-11(10)9-14/h2-5,9H,6-8H2,1H3. The van der Waals surface area contributed by atoms with E-state index < -0.39 is 0 Å². The van der Waals surface area contributed by atoms with Gasteiger partial charge in [0.25, 0.3) is 0 Å². The number of methoxy groups -OCH3 is 1. The molecule has 0 amide bonds. The fraction of sp³-hybridized carbons (Fsp3) is 0.364. The van der Waals surface area contributed by atoms with E-state index in [4.69, 9.17) is 21.7 Å². The molecule has 0 fully saturated rings. The van der Waals surface area contributed by atoms with Gasteiger partial charge in [0.1, 0.15) is 0 Å². The Balaban J connectivity index is 2.45. The van der Waals surface area contributed by atoms with Crippen LogP contribution in [-0.2, 0) is 16.1 Å². The van der Waals surface area contributed by atoms with Crippen molar-refractivity contribution in [1.29, 1.82) is 0 Å². The average molecular weight is 210 g/mol. The third-order valence-electron chi connectivity index (χ3n) is 1.87. The molecule has 2 nitrogen and oxygen atoms in total. The Labute approximate surface area is 89.8 Å². The van der Waals surface area contributed by atoms with Gasteiger partial charge in [-0.15, -0.1) is 0 Å². The minimum atomic E-state index is 0.590. The lowest BCUT2D eigenvalue weighted by Crippen LogP contribution is -2.03. The predicted octanol–water partition coefficient (Wildman–Crippen LogP) is 2.20. The number of rotatable bonds is 6. The van der Waals surface area contributed by atoms with E-state index in [1.54, 1.807) is 12.5 Å². The first-order chi connectivity index (χ1) is 6.88. The first kappa shape index (κ1) is 11.3. The van der Waals surface area contributed by atoms with Crippen LogP contribution in [0.4, 0.5) is 0 Å². The molecule has 0 radical (unpaired) electrons. The Bertz CT molecular complexity index is 286. The average Bonchev–Trinajstić information content (AvgIpc) is 2.25. The second-order valence-corrected chi connectivity index (χ2v) is 3.10. The van der Waals surface area contributed by atoms with Crippen LogP contribution in [0, 0.1) is 0 Å². The van der Waals surface area contributed by atoms with Crippen molar-refractivity contribution < 1.29 is 9.47 Å². The van der Waals surface area contributed by atoms with Gasteiger partial charge < -0.3 is 9.47 Å². The van der Waals surface area contributed by atoms with Crippen LogP contribution in [0.15, 0.2) is 24.3 Å². The molecule has 3 heteroatoms. The van der Waals surface area contributed by atoms with Crippen molar-refractivity contribution in [3.05, 3.63) is 35.4 Å². The van der Waals surface area contributed by atoms with E-state index in [1.165, 1.54) is 0 Å². The lowest BCUT2D eigenvalue weighted by molar-refractivity contribution is 0.0616. The zero-order chi connectivity index (χ0) is 10.2. The van der Waals surface area contributed by atoms with Crippen LogP contribution in [0.2, 0.25) is 0 Å². The van der Waals surface area contributed by atoms with Crippen molar-refractivity contribution in [1.82, 2.24) is 0 Å². The number of hydrogen-bond donors (Lipinski definition) is 0. The molecule has 14 heavy (non-hydrogen) atoms. The Morgan fingerprint density at radius 1 is 1.29 bits per heavy atom. The van der Waals surface area contributed by atoms with E-state index in [9.17, 15) is 0 Å². The topological polar surface area (TPSA) is 18.5 Å². The maximum absolute atomic E-state index is 5.41. The molecule has 0 spiro atoms. The number of benzene rings is 1. The molecule has 0 heterocycles. The summed E-state index contributed by atoms with van der Waals surface area (Å²) in [6.45, 7) is 1.83. The van der Waals surface area contributed by atoms with Gasteiger partial charge in [-0.3, -0.25) is 0 Å². The summed E-state index contributed by atoms with van der Waals surface area (Å²) in [5.41, 5.74) is 2.18. The van der Waals surface area contributed by atoms with Crippen molar-refractivity contribution in [2.24, 2.45) is 0 Å².